The van der Waals surface area contributed by atoms with Gasteiger partial charge in [0, 0.05) is 41.1 Å². The van der Waals surface area contributed by atoms with Crippen molar-refractivity contribution in [2.75, 3.05) is 65.1 Å². The van der Waals surface area contributed by atoms with Crippen LogP contribution in [0.1, 0.15) is 28.6 Å². The van der Waals surface area contributed by atoms with Gasteiger partial charge < -0.3 is 69.9 Å². The molecular weight excluding hydrogens is 907 g/mol. The van der Waals surface area contributed by atoms with E-state index in [1.54, 1.807) is 18.2 Å². The molecule has 1 aliphatic heterocycles. The van der Waals surface area contributed by atoms with E-state index in [4.69, 9.17) is 60.5 Å². The van der Waals surface area contributed by atoms with Crippen LogP contribution in [0.4, 0.5) is 5.82 Å². The molecule has 3 aromatic rings. The average molecular weight is 948 g/mol. The second kappa shape index (κ2) is 24.0. The second-order valence-corrected chi connectivity index (χ2v) is 16.7. The van der Waals surface area contributed by atoms with Gasteiger partial charge in [-0.1, -0.05) is 28.1 Å². The van der Waals surface area contributed by atoms with Gasteiger partial charge in [-0.3, -0.25) is 14.1 Å². The number of benzene rings is 1. The SMILES string of the molecule is [N-]=[N+]=NCO[C@@H]1C[C@@H](n2cc(C#CCNC(=O)COCCOC(COc3cccc(C(=O)NCCN)c3)N=[N+]=[N-])c3c(N)ncnc32)OC1COP(=O)(O)OP(=O)(O)OP(=O)(O)O. The molecule has 4 rings (SSSR count). The lowest BCUT2D eigenvalue weighted by Crippen LogP contribution is -2.29. The molecule has 30 nitrogen and oxygen atoms in total. The van der Waals surface area contributed by atoms with Crippen LogP contribution in [-0.2, 0) is 50.6 Å². The quantitative estimate of drug-likeness (QED) is 0.0148. The van der Waals surface area contributed by atoms with Crippen molar-refractivity contribution >= 4 is 52.1 Å². The topological polar surface area (TPSA) is 444 Å². The van der Waals surface area contributed by atoms with Crippen molar-refractivity contribution < 1.29 is 79.7 Å². The predicted octanol–water partition coefficient (Wildman–Crippen LogP) is 1.20. The summed E-state index contributed by atoms with van der Waals surface area (Å²) in [4.78, 5) is 75.1. The van der Waals surface area contributed by atoms with Crippen molar-refractivity contribution in [3.63, 3.8) is 0 Å². The van der Waals surface area contributed by atoms with Crippen LogP contribution in [0.5, 0.6) is 5.75 Å². The van der Waals surface area contributed by atoms with Crippen molar-refractivity contribution in [3.05, 3.63) is 68.8 Å². The number of nitrogens with zero attached hydrogens (tertiary/aromatic N) is 9. The molecule has 6 atom stereocenters. The molecule has 0 aliphatic carbocycles. The van der Waals surface area contributed by atoms with E-state index in [0.29, 0.717) is 17.9 Å². The number of nitrogens with two attached hydrogens (primary N) is 2. The standard InChI is InChI=1S/C30H40N13O17P3/c31-6-8-36-30(45)19-3-1-5-21(11-19)55-16-25(40-42-34)54-10-9-53-15-24(44)35-7-2-4-20-13-43(29-27(20)28(32)37-17-38-29)26-12-22(56-18-39-41-33)23(58-26)14-57-62(49,50)60-63(51,52)59-61(46,47)48/h1,3,5,11,13,17,22-23,25-26H,6-10,12,14-16,18,31H2,(H,35,44)(H,36,45)(H,49,50)(H,51,52)(H2,32,37,38)(H2,46,47,48)/t22-,23?,25?,26+/m1/s1. The number of aromatic nitrogens is 3. The molecule has 2 aromatic heterocycles. The minimum absolute atomic E-state index is 0.0210. The molecule has 1 saturated heterocycles. The van der Waals surface area contributed by atoms with Gasteiger partial charge in [0.15, 0.2) is 6.23 Å². The molecule has 0 bridgehead atoms. The van der Waals surface area contributed by atoms with Crippen LogP contribution in [0.2, 0.25) is 0 Å². The van der Waals surface area contributed by atoms with Crippen molar-refractivity contribution in [2.24, 2.45) is 16.0 Å². The fourth-order valence-electron chi connectivity index (χ4n) is 5.34. The number of rotatable bonds is 25. The van der Waals surface area contributed by atoms with Crippen LogP contribution in [0.25, 0.3) is 31.9 Å². The highest BCUT2D eigenvalue weighted by molar-refractivity contribution is 7.66. The Kier molecular flexibility index (Phi) is 19.2. The number of nitrogens with one attached hydrogen (secondary N) is 2. The summed E-state index contributed by atoms with van der Waals surface area (Å²) in [6.07, 6.45) is -1.72. The number of ether oxygens (including phenoxy) is 5. The Hall–Kier alpha value is -5.23. The summed E-state index contributed by atoms with van der Waals surface area (Å²) in [5.41, 5.74) is 30.0. The van der Waals surface area contributed by atoms with E-state index in [1.807, 2.05) is 0 Å². The Balaban J connectivity index is 1.30. The summed E-state index contributed by atoms with van der Waals surface area (Å²) in [5.74, 6) is 5.11. The Bertz CT molecular complexity index is 2380. The molecule has 1 aliphatic rings. The number of phosphoric ester groups is 1. The highest BCUT2D eigenvalue weighted by Crippen LogP contribution is 2.66. The lowest BCUT2D eigenvalue weighted by Gasteiger charge is -2.21. The monoisotopic (exact) mass is 947 g/mol. The maximum absolute atomic E-state index is 12.4. The lowest BCUT2D eigenvalue weighted by molar-refractivity contribution is -0.126. The number of fused-ring (bicyclic) bond motifs is 1. The minimum Gasteiger partial charge on any atom is -0.491 e. The van der Waals surface area contributed by atoms with E-state index in [9.17, 15) is 33.1 Å². The number of hydrogen-bond donors (Lipinski definition) is 8. The average Bonchev–Trinajstić information content (AvgIpc) is 3.80. The van der Waals surface area contributed by atoms with Gasteiger partial charge in [-0.2, -0.15) is 8.62 Å². The zero-order valence-corrected chi connectivity index (χ0v) is 35.1. The van der Waals surface area contributed by atoms with E-state index in [2.05, 4.69) is 61.1 Å². The zero-order valence-electron chi connectivity index (χ0n) is 32.5. The van der Waals surface area contributed by atoms with Crippen molar-refractivity contribution in [3.8, 4) is 17.6 Å². The van der Waals surface area contributed by atoms with Gasteiger partial charge in [0.1, 0.15) is 55.8 Å². The number of hydrogen-bond acceptors (Lipinski definition) is 19. The van der Waals surface area contributed by atoms with Crippen LogP contribution in [0, 0.1) is 11.8 Å². The molecule has 1 fully saturated rings. The summed E-state index contributed by atoms with van der Waals surface area (Å²) in [6, 6.07) is 6.31. The molecule has 0 spiro atoms. The number of azide groups is 2. The van der Waals surface area contributed by atoms with Gasteiger partial charge in [0.2, 0.25) is 5.91 Å². The van der Waals surface area contributed by atoms with Crippen molar-refractivity contribution in [1.29, 1.82) is 0 Å². The van der Waals surface area contributed by atoms with Crippen LogP contribution in [0.15, 0.2) is 47.0 Å². The molecule has 63 heavy (non-hydrogen) atoms. The number of anilines is 1. The smallest absolute Gasteiger partial charge is 0.490 e. The van der Waals surface area contributed by atoms with Crippen LogP contribution in [-0.4, -0.2) is 124 Å². The largest absolute Gasteiger partial charge is 0.491 e. The molecule has 1 aromatic carbocycles. The van der Waals surface area contributed by atoms with Crippen molar-refractivity contribution in [1.82, 2.24) is 25.2 Å². The molecule has 0 radical (unpaired) electrons. The van der Waals surface area contributed by atoms with E-state index >= 15 is 0 Å². The number of amides is 2. The van der Waals surface area contributed by atoms with Gasteiger partial charge in [0.05, 0.1) is 43.4 Å². The Morgan fingerprint density at radius 3 is 2.62 bits per heavy atom. The Labute approximate surface area is 355 Å². The fourth-order valence-corrected chi connectivity index (χ4v) is 8.37. The number of nitrogen functional groups attached to an aromatic ring is 1. The molecule has 2 amide bonds. The van der Waals surface area contributed by atoms with E-state index in [-0.39, 0.29) is 74.3 Å². The summed E-state index contributed by atoms with van der Waals surface area (Å²) in [5, 5.41) is 12.3. The maximum atomic E-state index is 12.4. The molecule has 33 heteroatoms. The van der Waals surface area contributed by atoms with Gasteiger partial charge in [-0.25, -0.2) is 23.7 Å². The predicted molar refractivity (Wildman–Crippen MR) is 212 cm³/mol. The Morgan fingerprint density at radius 1 is 1.10 bits per heavy atom. The molecule has 0 saturated carbocycles. The fraction of sp³-hybridized carbons (Fsp3) is 0.467. The van der Waals surface area contributed by atoms with Crippen LogP contribution >= 0.6 is 23.5 Å². The van der Waals surface area contributed by atoms with Crippen LogP contribution < -0.4 is 26.8 Å². The number of carbonyl (C=O) groups excluding carboxylic acids is 2. The first kappa shape index (κ1) is 50.4. The number of carbonyl (C=O) groups is 2. The van der Waals surface area contributed by atoms with Gasteiger partial charge in [0.25, 0.3) is 5.91 Å². The summed E-state index contributed by atoms with van der Waals surface area (Å²) in [7, 11) is -17.0. The van der Waals surface area contributed by atoms with E-state index in [0.717, 1.165) is 6.33 Å². The number of phosphoric acid groups is 3. The molecule has 342 valence electrons. The van der Waals surface area contributed by atoms with E-state index < -0.39 is 67.4 Å². The summed E-state index contributed by atoms with van der Waals surface area (Å²) in [6.45, 7) is -1.66. The van der Waals surface area contributed by atoms with Crippen molar-refractivity contribution in [2.45, 2.75) is 31.1 Å². The second-order valence-electron chi connectivity index (χ2n) is 12.3. The highest BCUT2D eigenvalue weighted by atomic mass is 31.3. The maximum Gasteiger partial charge on any atom is 0.490 e. The zero-order chi connectivity index (χ0) is 46.0. The minimum atomic E-state index is -5.80. The van der Waals surface area contributed by atoms with Gasteiger partial charge in [-0.05, 0) is 29.3 Å². The lowest BCUT2D eigenvalue weighted by atomic mass is 10.2. The first-order chi connectivity index (χ1) is 29.9. The third-order valence-corrected chi connectivity index (χ3v) is 11.6. The molecule has 10 N–H and O–H groups in total. The highest BCUT2D eigenvalue weighted by Gasteiger charge is 2.43. The first-order valence-electron chi connectivity index (χ1n) is 17.8. The summed E-state index contributed by atoms with van der Waals surface area (Å²) < 4.78 is 76.7. The third kappa shape index (κ3) is 16.8. The normalized spacial score (nSPS) is 18.4. The van der Waals surface area contributed by atoms with Crippen LogP contribution in [0.3, 0.4) is 0 Å². The Morgan fingerprint density at radius 2 is 1.89 bits per heavy atom. The van der Waals surface area contributed by atoms with Gasteiger partial charge in [-0.15, -0.1) is 0 Å². The van der Waals surface area contributed by atoms with Gasteiger partial charge >= 0.3 is 23.5 Å². The first-order valence-corrected chi connectivity index (χ1v) is 22.3. The molecule has 4 unspecified atom stereocenters. The van der Waals surface area contributed by atoms with E-state index in [1.165, 1.54) is 16.8 Å². The third-order valence-electron chi connectivity index (χ3n) is 7.82. The molecular formula is C30H40N13O17P3. The summed E-state index contributed by atoms with van der Waals surface area (Å²) >= 11 is 0. The molecule has 3 heterocycles.